The van der Waals surface area contributed by atoms with Crippen LogP contribution in [0.15, 0.2) is 24.3 Å². The van der Waals surface area contributed by atoms with Crippen LogP contribution >= 0.6 is 0 Å². The van der Waals surface area contributed by atoms with Gasteiger partial charge in [0.05, 0.1) is 11.3 Å². The average molecular weight is 439 g/mol. The number of primary amides is 1. The van der Waals surface area contributed by atoms with Gasteiger partial charge in [-0.3, -0.25) is 4.79 Å². The van der Waals surface area contributed by atoms with Crippen LogP contribution in [0.3, 0.4) is 0 Å². The summed E-state index contributed by atoms with van der Waals surface area (Å²) in [6.07, 6.45) is -3.50. The fourth-order valence-corrected chi connectivity index (χ4v) is 3.94. The molecule has 1 fully saturated rings. The van der Waals surface area contributed by atoms with Crippen molar-refractivity contribution in [2.45, 2.75) is 37.0 Å². The molecule has 2 aromatic rings. The van der Waals surface area contributed by atoms with Gasteiger partial charge in [-0.25, -0.2) is 9.37 Å². The van der Waals surface area contributed by atoms with Crippen LogP contribution in [0.4, 0.5) is 17.6 Å². The van der Waals surface area contributed by atoms with E-state index in [1.807, 2.05) is 0 Å². The molecule has 31 heavy (non-hydrogen) atoms. The minimum atomic E-state index is -4.92. The molecule has 0 unspecified atom stereocenters. The van der Waals surface area contributed by atoms with Crippen molar-refractivity contribution in [2.75, 3.05) is 13.2 Å². The number of halogens is 4. The highest BCUT2D eigenvalue weighted by Crippen LogP contribution is 2.50. The lowest BCUT2D eigenvalue weighted by molar-refractivity contribution is -0.140. The van der Waals surface area contributed by atoms with Gasteiger partial charge >= 0.3 is 6.18 Å². The first-order valence-corrected chi connectivity index (χ1v) is 9.70. The Labute approximate surface area is 175 Å². The maximum absolute atomic E-state index is 13.8. The van der Waals surface area contributed by atoms with Gasteiger partial charge < -0.3 is 21.3 Å². The number of fused-ring (bicyclic) bond motifs is 1. The molecule has 10 heteroatoms. The van der Waals surface area contributed by atoms with Crippen molar-refractivity contribution in [3.63, 3.8) is 0 Å². The van der Waals surface area contributed by atoms with Crippen molar-refractivity contribution in [3.8, 4) is 17.0 Å². The van der Waals surface area contributed by atoms with Crippen LogP contribution in [0.2, 0.25) is 0 Å². The predicted molar refractivity (Wildman–Crippen MR) is 102 cm³/mol. The second-order valence-electron chi connectivity index (χ2n) is 8.31. The first-order valence-electron chi connectivity index (χ1n) is 9.70. The maximum atomic E-state index is 13.8. The smallest absolute Gasteiger partial charge is 0.419 e. The first kappa shape index (κ1) is 21.5. The molecule has 1 aromatic carbocycles. The summed E-state index contributed by atoms with van der Waals surface area (Å²) < 4.78 is 59.3. The number of benzene rings is 1. The third-order valence-corrected chi connectivity index (χ3v) is 6.17. The van der Waals surface area contributed by atoms with Crippen molar-refractivity contribution < 1.29 is 32.2 Å². The summed E-state index contributed by atoms with van der Waals surface area (Å²) >= 11 is 0. The van der Waals surface area contributed by atoms with E-state index >= 15 is 0 Å². The molecular formula is C21H21F4N3O3. The predicted octanol–water partition coefficient (Wildman–Crippen LogP) is 2.60. The van der Waals surface area contributed by atoms with Crippen molar-refractivity contribution in [2.24, 2.45) is 17.4 Å². The van der Waals surface area contributed by atoms with Gasteiger partial charge in [0.1, 0.15) is 34.9 Å². The second-order valence-corrected chi connectivity index (χ2v) is 8.31. The summed E-state index contributed by atoms with van der Waals surface area (Å²) in [5.41, 5.74) is 7.42. The highest BCUT2D eigenvalue weighted by atomic mass is 19.4. The van der Waals surface area contributed by atoms with E-state index in [0.29, 0.717) is 30.5 Å². The van der Waals surface area contributed by atoms with Crippen molar-refractivity contribution in [1.29, 1.82) is 0 Å². The Balaban J connectivity index is 1.98. The van der Waals surface area contributed by atoms with E-state index < -0.39 is 34.5 Å². The third-order valence-electron chi connectivity index (χ3n) is 6.17. The van der Waals surface area contributed by atoms with Crippen LogP contribution in [-0.2, 0) is 22.0 Å². The third kappa shape index (κ3) is 3.34. The number of rotatable bonds is 5. The van der Waals surface area contributed by atoms with Gasteiger partial charge in [0.15, 0.2) is 0 Å². The molecule has 0 spiro atoms. The molecule has 5 N–H and O–H groups in total. The molecule has 1 saturated carbocycles. The number of nitrogens with two attached hydrogens (primary N) is 2. The fourth-order valence-electron chi connectivity index (χ4n) is 3.94. The van der Waals surface area contributed by atoms with E-state index in [2.05, 4.69) is 4.98 Å². The van der Waals surface area contributed by atoms with E-state index in [1.54, 1.807) is 6.92 Å². The molecule has 6 nitrogen and oxygen atoms in total. The lowest BCUT2D eigenvalue weighted by Crippen LogP contribution is -2.41. The van der Waals surface area contributed by atoms with Crippen LogP contribution < -0.4 is 16.2 Å². The van der Waals surface area contributed by atoms with Crippen LogP contribution in [0.5, 0.6) is 5.75 Å². The summed E-state index contributed by atoms with van der Waals surface area (Å²) in [7, 11) is 0. The summed E-state index contributed by atoms with van der Waals surface area (Å²) in [6, 6.07) is 3.94. The number of aromatic nitrogens is 1. The van der Waals surface area contributed by atoms with Gasteiger partial charge in [-0.05, 0) is 49.9 Å². The highest BCUT2D eigenvalue weighted by molar-refractivity contribution is 5.90. The minimum absolute atomic E-state index is 0.0458. The molecule has 2 heterocycles. The second kappa shape index (κ2) is 6.89. The molecule has 2 atom stereocenters. The zero-order chi connectivity index (χ0) is 22.8. The van der Waals surface area contributed by atoms with E-state index in [9.17, 15) is 27.5 Å². The molecule has 0 radical (unpaired) electrons. The molecule has 2 aliphatic rings. The van der Waals surface area contributed by atoms with E-state index in [4.69, 9.17) is 16.2 Å². The number of aliphatic hydroxyl groups is 1. The number of alkyl halides is 3. The van der Waals surface area contributed by atoms with E-state index in [1.165, 1.54) is 6.07 Å². The van der Waals surface area contributed by atoms with Gasteiger partial charge in [-0.2, -0.15) is 13.2 Å². The monoisotopic (exact) mass is 439 g/mol. The quantitative estimate of drug-likeness (QED) is 0.620. The first-order chi connectivity index (χ1) is 14.4. The van der Waals surface area contributed by atoms with Crippen molar-refractivity contribution in [3.05, 3.63) is 46.9 Å². The molecule has 0 bridgehead atoms. The van der Waals surface area contributed by atoms with Crippen LogP contribution in [0, 0.1) is 11.7 Å². The number of ether oxygens (including phenoxy) is 1. The zero-order valence-corrected chi connectivity index (χ0v) is 16.6. The standard InChI is InChI=1S/C21H21F4N3O3/c1-19(18(27)29)9-31-17-13(19)7-15(20(30,8-26)11-3-4-11)28-16(17)10-2-5-14(22)12(6-10)21(23,24)25/h2,5-7,11,30H,3-4,8-9,26H2,1H3,(H2,27,29)/t19-,20+/m0/s1. The molecule has 1 aromatic heterocycles. The van der Waals surface area contributed by atoms with Crippen molar-refractivity contribution in [1.82, 2.24) is 4.98 Å². The van der Waals surface area contributed by atoms with E-state index in [0.717, 1.165) is 6.07 Å². The highest BCUT2D eigenvalue weighted by Gasteiger charge is 2.49. The van der Waals surface area contributed by atoms with Gasteiger partial charge in [0, 0.05) is 17.7 Å². The van der Waals surface area contributed by atoms with Gasteiger partial charge in [0.25, 0.3) is 0 Å². The largest absolute Gasteiger partial charge is 0.489 e. The van der Waals surface area contributed by atoms with Gasteiger partial charge in [-0.15, -0.1) is 0 Å². The lowest BCUT2D eigenvalue weighted by atomic mass is 9.81. The molecule has 4 rings (SSSR count). The zero-order valence-electron chi connectivity index (χ0n) is 16.6. The Kier molecular flexibility index (Phi) is 4.78. The number of carbonyl (C=O) groups excluding carboxylic acids is 1. The number of nitrogens with zero attached hydrogens (tertiary/aromatic N) is 1. The summed E-state index contributed by atoms with van der Waals surface area (Å²) in [5, 5.41) is 11.2. The van der Waals surface area contributed by atoms with Crippen LogP contribution in [0.1, 0.15) is 36.6 Å². The Hall–Kier alpha value is -2.72. The van der Waals surface area contributed by atoms with Crippen molar-refractivity contribution >= 4 is 5.91 Å². The van der Waals surface area contributed by atoms with Gasteiger partial charge in [0.2, 0.25) is 5.91 Å². The summed E-state index contributed by atoms with van der Waals surface area (Å²) in [4.78, 5) is 16.6. The number of pyridine rings is 1. The Morgan fingerprint density at radius 3 is 2.55 bits per heavy atom. The number of hydrogen-bond acceptors (Lipinski definition) is 5. The minimum Gasteiger partial charge on any atom is -0.489 e. The topological polar surface area (TPSA) is 111 Å². The average Bonchev–Trinajstić information content (AvgIpc) is 3.51. The lowest BCUT2D eigenvalue weighted by Gasteiger charge is -2.28. The Bertz CT molecular complexity index is 1070. The SMILES string of the molecule is C[C@]1(C(N)=O)COc2c1cc([C@@](O)(CN)C1CC1)nc2-c1ccc(F)c(C(F)(F)F)c1. The Morgan fingerprint density at radius 1 is 1.32 bits per heavy atom. The molecule has 0 saturated heterocycles. The number of carbonyl (C=O) groups is 1. The number of amides is 1. The normalized spacial score (nSPS) is 22.5. The van der Waals surface area contributed by atoms with E-state index in [-0.39, 0.29) is 41.8 Å². The molecule has 1 aliphatic carbocycles. The van der Waals surface area contributed by atoms with Gasteiger partial charge in [-0.1, -0.05) is 0 Å². The maximum Gasteiger partial charge on any atom is 0.419 e. The van der Waals surface area contributed by atoms with Crippen LogP contribution in [-0.4, -0.2) is 29.1 Å². The number of hydrogen-bond donors (Lipinski definition) is 3. The molecule has 166 valence electrons. The fraction of sp³-hybridized carbons (Fsp3) is 0.429. The summed E-state index contributed by atoms with van der Waals surface area (Å²) in [5.74, 6) is -2.23. The summed E-state index contributed by atoms with van der Waals surface area (Å²) in [6.45, 7) is 1.22. The Morgan fingerprint density at radius 2 is 2.00 bits per heavy atom. The molecule has 1 amide bonds. The molecular weight excluding hydrogens is 418 g/mol. The van der Waals surface area contributed by atoms with Crippen LogP contribution in [0.25, 0.3) is 11.3 Å². The molecule has 1 aliphatic heterocycles.